The number of benzene rings is 2. The summed E-state index contributed by atoms with van der Waals surface area (Å²) in [6.45, 7) is 5.66. The van der Waals surface area contributed by atoms with Crippen LogP contribution in [0.5, 0.6) is 5.75 Å². The lowest BCUT2D eigenvalue weighted by molar-refractivity contribution is -0.139. The van der Waals surface area contributed by atoms with E-state index in [1.165, 1.54) is 0 Å². The van der Waals surface area contributed by atoms with Crippen molar-refractivity contribution in [2.45, 2.75) is 45.6 Å². The molecule has 7 heteroatoms. The molecule has 0 bridgehead atoms. The fraction of sp³-hybridized carbons (Fsp3) is 0.370. The Hall–Kier alpha value is -3.61. The number of anilines is 1. The minimum atomic E-state index is -0.689. The van der Waals surface area contributed by atoms with Gasteiger partial charge in [0.2, 0.25) is 5.91 Å². The normalized spacial score (nSPS) is 17.8. The van der Waals surface area contributed by atoms with Gasteiger partial charge in [-0.1, -0.05) is 30.3 Å². The highest BCUT2D eigenvalue weighted by atomic mass is 16.5. The molecule has 0 saturated carbocycles. The summed E-state index contributed by atoms with van der Waals surface area (Å²) in [5, 5.41) is 4.69. The largest absolute Gasteiger partial charge is 0.476 e. The van der Waals surface area contributed by atoms with Gasteiger partial charge in [0.05, 0.1) is 30.0 Å². The fourth-order valence-electron chi connectivity index (χ4n) is 4.92. The second kappa shape index (κ2) is 9.33. The minimum absolute atomic E-state index is 0.0312. The lowest BCUT2D eigenvalue weighted by Crippen LogP contribution is -2.53. The summed E-state index contributed by atoms with van der Waals surface area (Å²) in [5.74, 6) is 0.480. The van der Waals surface area contributed by atoms with E-state index in [2.05, 4.69) is 5.10 Å². The zero-order valence-electron chi connectivity index (χ0n) is 19.7. The zero-order valence-corrected chi connectivity index (χ0v) is 19.7. The first-order chi connectivity index (χ1) is 16.5. The molecule has 0 spiro atoms. The second-order valence-electron chi connectivity index (χ2n) is 9.04. The van der Waals surface area contributed by atoms with Gasteiger partial charge in [-0.05, 0) is 57.4 Å². The number of fused-ring (bicyclic) bond motifs is 1. The zero-order chi connectivity index (χ0) is 23.7. The molecule has 2 aromatic carbocycles. The Bertz CT molecular complexity index is 1200. The van der Waals surface area contributed by atoms with Crippen LogP contribution in [0.25, 0.3) is 5.69 Å². The molecule has 3 heterocycles. The Morgan fingerprint density at radius 3 is 2.44 bits per heavy atom. The Balaban J connectivity index is 1.41. The van der Waals surface area contributed by atoms with Crippen molar-refractivity contribution in [2.75, 3.05) is 24.5 Å². The molecule has 0 radical (unpaired) electrons. The highest BCUT2D eigenvalue weighted by Crippen LogP contribution is 2.34. The van der Waals surface area contributed by atoms with Crippen molar-refractivity contribution in [1.29, 1.82) is 0 Å². The number of carbonyl (C=O) groups is 2. The van der Waals surface area contributed by atoms with Crippen LogP contribution in [0.1, 0.15) is 36.2 Å². The Morgan fingerprint density at radius 2 is 1.68 bits per heavy atom. The molecule has 176 valence electrons. The van der Waals surface area contributed by atoms with Crippen LogP contribution < -0.4 is 9.64 Å². The average molecular weight is 459 g/mol. The molecule has 2 aliphatic heterocycles. The van der Waals surface area contributed by atoms with Gasteiger partial charge in [-0.3, -0.25) is 9.59 Å². The van der Waals surface area contributed by atoms with Crippen LogP contribution in [0.15, 0.2) is 54.6 Å². The summed E-state index contributed by atoms with van der Waals surface area (Å²) in [7, 11) is 0. The van der Waals surface area contributed by atoms with Crippen molar-refractivity contribution in [1.82, 2.24) is 14.7 Å². The summed E-state index contributed by atoms with van der Waals surface area (Å²) in [5.41, 5.74) is 4.36. The number of likely N-dealkylation sites (tertiary alicyclic amines) is 1. The van der Waals surface area contributed by atoms with Crippen LogP contribution >= 0.6 is 0 Å². The third-order valence-corrected chi connectivity index (χ3v) is 6.79. The number of piperidine rings is 1. The Morgan fingerprint density at radius 1 is 0.971 bits per heavy atom. The quantitative estimate of drug-likeness (QED) is 0.596. The molecule has 1 aromatic heterocycles. The third kappa shape index (κ3) is 4.18. The summed E-state index contributed by atoms with van der Waals surface area (Å²) < 4.78 is 7.97. The van der Waals surface area contributed by atoms with E-state index in [1.54, 1.807) is 4.90 Å². The smallest absolute Gasteiger partial charge is 0.265 e. The maximum absolute atomic E-state index is 13.6. The number of aryl methyl sites for hydroxylation is 1. The van der Waals surface area contributed by atoms with E-state index in [9.17, 15) is 9.59 Å². The summed E-state index contributed by atoms with van der Waals surface area (Å²) in [4.78, 5) is 30.4. The van der Waals surface area contributed by atoms with Gasteiger partial charge in [0.25, 0.3) is 5.91 Å². The molecule has 1 saturated heterocycles. The van der Waals surface area contributed by atoms with Crippen LogP contribution in [0.2, 0.25) is 0 Å². The number of nitrogens with zero attached hydrogens (tertiary/aromatic N) is 4. The number of carbonyl (C=O) groups excluding carboxylic acids is 2. The first kappa shape index (κ1) is 22.2. The number of ether oxygens (including phenoxy) is 1. The van der Waals surface area contributed by atoms with E-state index in [0.29, 0.717) is 11.4 Å². The van der Waals surface area contributed by atoms with E-state index < -0.39 is 6.10 Å². The molecule has 5 rings (SSSR count). The van der Waals surface area contributed by atoms with Gasteiger partial charge in [-0.15, -0.1) is 0 Å². The van der Waals surface area contributed by atoms with Gasteiger partial charge >= 0.3 is 0 Å². The fourth-order valence-corrected chi connectivity index (χ4v) is 4.92. The van der Waals surface area contributed by atoms with Crippen molar-refractivity contribution >= 4 is 17.5 Å². The minimum Gasteiger partial charge on any atom is -0.476 e. The van der Waals surface area contributed by atoms with Crippen molar-refractivity contribution in [3.05, 3.63) is 71.5 Å². The van der Waals surface area contributed by atoms with Crippen molar-refractivity contribution in [3.8, 4) is 11.4 Å². The number of para-hydroxylation sites is 3. The molecule has 34 heavy (non-hydrogen) atoms. The van der Waals surface area contributed by atoms with Crippen LogP contribution in [0, 0.1) is 13.8 Å². The highest BCUT2D eigenvalue weighted by molar-refractivity contribution is 5.98. The van der Waals surface area contributed by atoms with Gasteiger partial charge in [0.15, 0.2) is 6.10 Å². The summed E-state index contributed by atoms with van der Waals surface area (Å²) in [6.07, 6.45) is 2.71. The molecule has 2 aliphatic rings. The molecule has 7 nitrogen and oxygen atoms in total. The molecule has 0 N–H and O–H groups in total. The van der Waals surface area contributed by atoms with E-state index >= 15 is 0 Å². The lowest BCUT2D eigenvalue weighted by atomic mass is 10.1. The van der Waals surface area contributed by atoms with E-state index in [4.69, 9.17) is 4.74 Å². The maximum atomic E-state index is 13.6. The highest BCUT2D eigenvalue weighted by Gasteiger charge is 2.36. The molecule has 1 atom stereocenters. The van der Waals surface area contributed by atoms with Crippen molar-refractivity contribution < 1.29 is 14.3 Å². The number of amides is 2. The monoisotopic (exact) mass is 458 g/mol. The lowest BCUT2D eigenvalue weighted by Gasteiger charge is -2.37. The van der Waals surface area contributed by atoms with Crippen LogP contribution in [-0.4, -0.2) is 52.2 Å². The average Bonchev–Trinajstić information content (AvgIpc) is 3.17. The number of aromatic nitrogens is 2. The van der Waals surface area contributed by atoms with Gasteiger partial charge in [0, 0.05) is 24.3 Å². The molecule has 0 aliphatic carbocycles. The molecular formula is C27H30N4O3. The maximum Gasteiger partial charge on any atom is 0.265 e. The van der Waals surface area contributed by atoms with Crippen LogP contribution in [0.3, 0.4) is 0 Å². The van der Waals surface area contributed by atoms with E-state index in [1.807, 2.05) is 78.0 Å². The molecule has 2 amide bonds. The van der Waals surface area contributed by atoms with Gasteiger partial charge < -0.3 is 14.5 Å². The molecular weight excluding hydrogens is 428 g/mol. The summed E-state index contributed by atoms with van der Waals surface area (Å²) in [6, 6.07) is 17.4. The number of hydrogen-bond acceptors (Lipinski definition) is 4. The second-order valence-corrected chi connectivity index (χ2v) is 9.04. The predicted octanol–water partition coefficient (Wildman–Crippen LogP) is 3.84. The number of hydrogen-bond donors (Lipinski definition) is 0. The number of rotatable bonds is 4. The standard InChI is InChI=1S/C27H30N4O3/c1-19-22(20(2)31(28-19)21-11-5-3-6-12-21)17-26(32)30-18-25(27(33)29-15-9-4-10-16-29)34-24-14-8-7-13-23(24)30/h3,5-8,11-14,25H,4,9-10,15-18H2,1-2H3. The third-order valence-electron chi connectivity index (χ3n) is 6.79. The van der Waals surface area contributed by atoms with E-state index in [0.717, 1.165) is 55.0 Å². The van der Waals surface area contributed by atoms with Gasteiger partial charge in [-0.2, -0.15) is 5.10 Å². The van der Waals surface area contributed by atoms with Crippen LogP contribution in [0.4, 0.5) is 5.69 Å². The van der Waals surface area contributed by atoms with Crippen molar-refractivity contribution in [2.24, 2.45) is 0 Å². The molecule has 3 aromatic rings. The molecule has 1 unspecified atom stereocenters. The predicted molar refractivity (Wildman–Crippen MR) is 130 cm³/mol. The first-order valence-electron chi connectivity index (χ1n) is 12.0. The van der Waals surface area contributed by atoms with Crippen LogP contribution in [-0.2, 0) is 16.0 Å². The first-order valence-corrected chi connectivity index (χ1v) is 12.0. The Kier molecular flexibility index (Phi) is 6.09. The topological polar surface area (TPSA) is 67.7 Å². The SMILES string of the molecule is Cc1nn(-c2ccccc2)c(C)c1CC(=O)N1CC(C(=O)N2CCCCC2)Oc2ccccc21. The van der Waals surface area contributed by atoms with Crippen molar-refractivity contribution in [3.63, 3.8) is 0 Å². The Labute approximate surface area is 199 Å². The van der Waals surface area contributed by atoms with E-state index in [-0.39, 0.29) is 24.8 Å². The van der Waals surface area contributed by atoms with Gasteiger partial charge in [-0.25, -0.2) is 4.68 Å². The molecule has 1 fully saturated rings. The van der Waals surface area contributed by atoms with Gasteiger partial charge in [0.1, 0.15) is 5.75 Å². The summed E-state index contributed by atoms with van der Waals surface area (Å²) >= 11 is 0.